The average Bonchev–Trinajstić information content (AvgIpc) is 1.78. The van der Waals surface area contributed by atoms with Crippen LogP contribution in [0.3, 0.4) is 0 Å². The van der Waals surface area contributed by atoms with Crippen LogP contribution in [0.4, 0.5) is 4.79 Å². The van der Waals surface area contributed by atoms with Gasteiger partial charge in [0.15, 0.2) is 0 Å². The molecule has 0 fully saturated rings. The molecule has 0 unspecified atom stereocenters. The zero-order chi connectivity index (χ0) is 11.4. The van der Waals surface area contributed by atoms with Crippen molar-refractivity contribution in [2.45, 2.75) is 26.4 Å². The number of ether oxygens (including phenoxy) is 1. The molecule has 0 spiro atoms. The molecule has 0 saturated heterocycles. The summed E-state index contributed by atoms with van der Waals surface area (Å²) >= 11 is 0. The Morgan fingerprint density at radius 1 is 1.50 bits per heavy atom. The van der Waals surface area contributed by atoms with Crippen molar-refractivity contribution in [3.8, 4) is 0 Å². The van der Waals surface area contributed by atoms with Gasteiger partial charge in [0.05, 0.1) is 5.75 Å². The van der Waals surface area contributed by atoms with Gasteiger partial charge in [0.1, 0.15) is 5.60 Å². The quantitative estimate of drug-likeness (QED) is 0.577. The molecule has 0 radical (unpaired) electrons. The molecule has 0 heterocycles. The van der Waals surface area contributed by atoms with Crippen molar-refractivity contribution in [1.29, 1.82) is 0 Å². The summed E-state index contributed by atoms with van der Waals surface area (Å²) in [5.74, 6) is -0.0771. The van der Waals surface area contributed by atoms with Crippen LogP contribution in [0.2, 0.25) is 0 Å². The molecule has 0 atom stereocenters. The van der Waals surface area contributed by atoms with Gasteiger partial charge in [0.2, 0.25) is 0 Å². The molecule has 86 valence electrons. The lowest BCUT2D eigenvalue weighted by atomic mass is 10.2. The molecule has 0 aliphatic rings. The maximum atomic E-state index is 11.0. The molecule has 7 heteroatoms. The predicted octanol–water partition coefficient (Wildman–Crippen LogP) is 1.14. The zero-order valence-corrected chi connectivity index (χ0v) is 9.43. The highest BCUT2D eigenvalue weighted by Crippen LogP contribution is 2.25. The summed E-state index contributed by atoms with van der Waals surface area (Å²) < 4.78 is 22.5. The predicted molar refractivity (Wildman–Crippen MR) is 56.1 cm³/mol. The molecule has 0 saturated carbocycles. The van der Waals surface area contributed by atoms with Gasteiger partial charge in [-0.25, -0.2) is 9.93 Å². The molecule has 0 aromatic carbocycles. The van der Waals surface area contributed by atoms with Crippen molar-refractivity contribution in [2.75, 3.05) is 12.3 Å². The first-order valence-electron chi connectivity index (χ1n) is 4.11. The van der Waals surface area contributed by atoms with E-state index in [1.54, 1.807) is 20.8 Å². The van der Waals surface area contributed by atoms with Crippen LogP contribution in [-0.4, -0.2) is 33.1 Å². The van der Waals surface area contributed by atoms with E-state index in [9.17, 15) is 4.79 Å². The number of amides is 1. The first kappa shape index (κ1) is 13.5. The Hall–Kier alpha value is -0.500. The Labute approximate surface area is 85.3 Å². The maximum Gasteiger partial charge on any atom is 0.407 e. The van der Waals surface area contributed by atoms with E-state index in [0.717, 1.165) is 0 Å². The number of hydrogen-bond acceptors (Lipinski definition) is 5. The SMILES string of the molecule is CC(C)(C)OC(=O)NCCS(N)(O)O. The van der Waals surface area contributed by atoms with Crippen molar-refractivity contribution >= 4 is 16.9 Å². The molecule has 0 aliphatic heterocycles. The second-order valence-corrected chi connectivity index (χ2v) is 5.69. The van der Waals surface area contributed by atoms with E-state index in [1.165, 1.54) is 0 Å². The first-order valence-corrected chi connectivity index (χ1v) is 5.88. The van der Waals surface area contributed by atoms with Crippen LogP contribution in [0, 0.1) is 0 Å². The standard InChI is InChI=1S/C7H18N2O4S/c1-7(2,3)13-6(10)9-4-5-14(8,11)12/h11-12H,4-5,8H2,1-3H3,(H,9,10). The summed E-state index contributed by atoms with van der Waals surface area (Å²) in [6, 6.07) is 0. The Kier molecular flexibility index (Phi) is 4.66. The zero-order valence-electron chi connectivity index (χ0n) is 8.61. The topological polar surface area (TPSA) is 105 Å². The number of nitrogens with one attached hydrogen (secondary N) is 1. The van der Waals surface area contributed by atoms with Gasteiger partial charge >= 0.3 is 6.09 Å². The number of carbonyl (C=O) groups is 1. The number of rotatable bonds is 3. The van der Waals surface area contributed by atoms with Gasteiger partial charge in [-0.1, -0.05) is 0 Å². The summed E-state index contributed by atoms with van der Waals surface area (Å²) in [6.07, 6.45) is -0.596. The highest BCUT2D eigenvalue weighted by Gasteiger charge is 2.16. The minimum Gasteiger partial charge on any atom is -0.444 e. The number of hydrogen-bond donors (Lipinski definition) is 4. The molecule has 14 heavy (non-hydrogen) atoms. The summed E-state index contributed by atoms with van der Waals surface area (Å²) in [7, 11) is -3.03. The Morgan fingerprint density at radius 3 is 2.36 bits per heavy atom. The smallest absolute Gasteiger partial charge is 0.407 e. The Balaban J connectivity index is 3.66. The van der Waals surface area contributed by atoms with Gasteiger partial charge in [-0.15, -0.1) is 10.8 Å². The lowest BCUT2D eigenvalue weighted by Gasteiger charge is -2.26. The third kappa shape index (κ3) is 9.59. The summed E-state index contributed by atoms with van der Waals surface area (Å²) in [5, 5.41) is 7.31. The van der Waals surface area contributed by atoms with Gasteiger partial charge in [-0.3, -0.25) is 9.11 Å². The molecule has 0 aromatic rings. The van der Waals surface area contributed by atoms with E-state index in [0.29, 0.717) is 0 Å². The van der Waals surface area contributed by atoms with Crippen molar-refractivity contribution in [3.05, 3.63) is 0 Å². The molecule has 0 aliphatic carbocycles. The van der Waals surface area contributed by atoms with Gasteiger partial charge in [0.25, 0.3) is 0 Å². The van der Waals surface area contributed by atoms with Crippen molar-refractivity contribution in [3.63, 3.8) is 0 Å². The van der Waals surface area contributed by atoms with Crippen LogP contribution < -0.4 is 10.5 Å². The van der Waals surface area contributed by atoms with Gasteiger partial charge in [-0.2, -0.15) is 0 Å². The summed E-state index contributed by atoms with van der Waals surface area (Å²) in [6.45, 7) is 5.29. The molecule has 0 bridgehead atoms. The van der Waals surface area contributed by atoms with Crippen molar-refractivity contribution in [1.82, 2.24) is 5.32 Å². The minimum atomic E-state index is -3.03. The third-order valence-electron chi connectivity index (χ3n) is 1.07. The summed E-state index contributed by atoms with van der Waals surface area (Å²) in [5.41, 5.74) is -0.560. The average molecular weight is 226 g/mol. The van der Waals surface area contributed by atoms with Crippen LogP contribution in [0.15, 0.2) is 0 Å². The number of alkyl carbamates (subject to hydrolysis) is 1. The molecule has 0 aromatic heterocycles. The van der Waals surface area contributed by atoms with Gasteiger partial charge in [-0.05, 0) is 20.8 Å². The van der Waals surface area contributed by atoms with E-state index >= 15 is 0 Å². The maximum absolute atomic E-state index is 11.0. The van der Waals surface area contributed by atoms with Crippen molar-refractivity contribution in [2.24, 2.45) is 5.14 Å². The van der Waals surface area contributed by atoms with Crippen molar-refractivity contribution < 1.29 is 18.6 Å². The molecule has 1 amide bonds. The molecular formula is C7H18N2O4S. The van der Waals surface area contributed by atoms with E-state index in [4.69, 9.17) is 19.0 Å². The molecular weight excluding hydrogens is 208 g/mol. The Bertz CT molecular complexity index is 197. The second-order valence-electron chi connectivity index (χ2n) is 3.85. The van der Waals surface area contributed by atoms with E-state index < -0.39 is 22.5 Å². The van der Waals surface area contributed by atoms with E-state index in [1.807, 2.05) is 0 Å². The van der Waals surface area contributed by atoms with Crippen LogP contribution in [-0.2, 0) is 4.74 Å². The highest BCUT2D eigenvalue weighted by molar-refractivity contribution is 8.22. The Morgan fingerprint density at radius 2 is 2.00 bits per heavy atom. The van der Waals surface area contributed by atoms with Crippen LogP contribution >= 0.6 is 10.8 Å². The normalized spacial score (nSPS) is 13.6. The third-order valence-corrected chi connectivity index (χ3v) is 1.88. The first-order chi connectivity index (χ1) is 6.10. The highest BCUT2D eigenvalue weighted by atomic mass is 32.3. The van der Waals surface area contributed by atoms with E-state index in [-0.39, 0.29) is 12.3 Å². The number of nitrogens with two attached hydrogens (primary N) is 1. The summed E-state index contributed by atoms with van der Waals surface area (Å²) in [4.78, 5) is 11.0. The second kappa shape index (κ2) is 4.83. The van der Waals surface area contributed by atoms with Gasteiger partial charge < -0.3 is 10.1 Å². The fourth-order valence-corrected chi connectivity index (χ4v) is 1.02. The van der Waals surface area contributed by atoms with Crippen LogP contribution in [0.1, 0.15) is 20.8 Å². The van der Waals surface area contributed by atoms with Crippen LogP contribution in [0.5, 0.6) is 0 Å². The largest absolute Gasteiger partial charge is 0.444 e. The molecule has 5 N–H and O–H groups in total. The monoisotopic (exact) mass is 226 g/mol. The van der Waals surface area contributed by atoms with Crippen LogP contribution in [0.25, 0.3) is 0 Å². The van der Waals surface area contributed by atoms with Gasteiger partial charge in [0, 0.05) is 6.54 Å². The lowest BCUT2D eigenvalue weighted by molar-refractivity contribution is 0.0531. The molecule has 0 rings (SSSR count). The fraction of sp³-hybridized carbons (Fsp3) is 0.857. The molecule has 6 nitrogen and oxygen atoms in total. The fourth-order valence-electron chi connectivity index (χ4n) is 0.617. The van der Waals surface area contributed by atoms with E-state index in [2.05, 4.69) is 5.32 Å². The number of carbonyl (C=O) groups excluding carboxylic acids is 1. The lowest BCUT2D eigenvalue weighted by Crippen LogP contribution is -2.35. The minimum absolute atomic E-state index is 0.0771.